The Morgan fingerprint density at radius 2 is 1.85 bits per heavy atom. The van der Waals surface area contributed by atoms with Crippen molar-refractivity contribution >= 4 is 21.8 Å². The highest BCUT2D eigenvalue weighted by atomic mass is 32.2. The van der Waals surface area contributed by atoms with E-state index in [1.54, 1.807) is 11.8 Å². The normalized spacial score (nSPS) is 12.8. The van der Waals surface area contributed by atoms with E-state index in [0.717, 1.165) is 42.1 Å². The molecule has 0 fully saturated rings. The van der Waals surface area contributed by atoms with E-state index in [2.05, 4.69) is 50.8 Å². The molecule has 0 radical (unpaired) electrons. The topological polar surface area (TPSA) is 91.0 Å². The van der Waals surface area contributed by atoms with Crippen LogP contribution >= 0.6 is 11.8 Å². The fraction of sp³-hybridized carbons (Fsp3) is 0.440. The van der Waals surface area contributed by atoms with Crippen LogP contribution in [0.2, 0.25) is 0 Å². The van der Waals surface area contributed by atoms with Crippen LogP contribution in [0.3, 0.4) is 0 Å². The van der Waals surface area contributed by atoms with Gasteiger partial charge in [0, 0.05) is 10.5 Å². The highest BCUT2D eigenvalue weighted by Crippen LogP contribution is 2.24. The standard InChI is InChI=1S/C25H35N5O2S2/c1-4-30(5-2)17-10-18-34(31,32)29-23(16-15-20-11-7-6-8-12-20)25-26-24(27-28-25)21-13-9-14-22(19-21)33-3/h6-9,11-14,19,23,29H,4-5,10,15-18H2,1-3H3,(H,26,27,28)/t23-/m1/s1. The van der Waals surface area contributed by atoms with E-state index in [0.29, 0.717) is 24.5 Å². The van der Waals surface area contributed by atoms with E-state index in [4.69, 9.17) is 0 Å². The lowest BCUT2D eigenvalue weighted by molar-refractivity contribution is 0.304. The predicted octanol–water partition coefficient (Wildman–Crippen LogP) is 4.52. The lowest BCUT2D eigenvalue weighted by Gasteiger charge is -2.19. The summed E-state index contributed by atoms with van der Waals surface area (Å²) in [6, 6.07) is 17.6. The predicted molar refractivity (Wildman–Crippen MR) is 140 cm³/mol. The molecule has 1 heterocycles. The zero-order valence-electron chi connectivity index (χ0n) is 20.2. The first-order chi connectivity index (χ1) is 16.4. The molecule has 2 aromatic carbocycles. The first-order valence-electron chi connectivity index (χ1n) is 11.8. The van der Waals surface area contributed by atoms with Crippen LogP contribution in [0.4, 0.5) is 0 Å². The molecule has 0 unspecified atom stereocenters. The lowest BCUT2D eigenvalue weighted by Crippen LogP contribution is -2.33. The number of nitrogens with one attached hydrogen (secondary N) is 2. The van der Waals surface area contributed by atoms with Crippen molar-refractivity contribution in [3.63, 3.8) is 0 Å². The summed E-state index contributed by atoms with van der Waals surface area (Å²) < 4.78 is 28.8. The van der Waals surface area contributed by atoms with E-state index in [-0.39, 0.29) is 5.75 Å². The number of benzene rings is 2. The Hall–Kier alpha value is -2.20. The molecule has 1 atom stereocenters. The van der Waals surface area contributed by atoms with Crippen LogP contribution in [0, 0.1) is 0 Å². The highest BCUT2D eigenvalue weighted by molar-refractivity contribution is 7.98. The maximum Gasteiger partial charge on any atom is 0.212 e. The summed E-state index contributed by atoms with van der Waals surface area (Å²) in [6.07, 6.45) is 3.92. The Bertz CT molecular complexity index is 1120. The zero-order chi connectivity index (χ0) is 24.4. The molecule has 0 saturated heterocycles. The molecule has 0 aliphatic heterocycles. The molecule has 0 saturated carbocycles. The van der Waals surface area contributed by atoms with Crippen molar-refractivity contribution in [1.82, 2.24) is 24.8 Å². The third-order valence-corrected chi connectivity index (χ3v) is 8.02. The number of nitrogens with zero attached hydrogens (tertiary/aromatic N) is 3. The summed E-state index contributed by atoms with van der Waals surface area (Å²) in [7, 11) is -3.48. The fourth-order valence-electron chi connectivity index (χ4n) is 3.82. The number of thioether (sulfide) groups is 1. The van der Waals surface area contributed by atoms with Gasteiger partial charge in [0.2, 0.25) is 10.0 Å². The minimum atomic E-state index is -3.48. The second kappa shape index (κ2) is 13.0. The van der Waals surface area contributed by atoms with Crippen LogP contribution < -0.4 is 4.72 Å². The molecule has 0 spiro atoms. The molecule has 7 nitrogen and oxygen atoms in total. The molecule has 0 aliphatic carbocycles. The third kappa shape index (κ3) is 7.94. The van der Waals surface area contributed by atoms with Gasteiger partial charge in [-0.25, -0.2) is 18.1 Å². The van der Waals surface area contributed by atoms with Crippen molar-refractivity contribution in [2.45, 2.75) is 44.0 Å². The Kier molecular flexibility index (Phi) is 10.1. The van der Waals surface area contributed by atoms with Gasteiger partial charge in [0.05, 0.1) is 11.8 Å². The molecule has 0 aliphatic rings. The number of aromatic amines is 1. The average Bonchev–Trinajstić information content (AvgIpc) is 3.35. The highest BCUT2D eigenvalue weighted by Gasteiger charge is 2.23. The van der Waals surface area contributed by atoms with Crippen molar-refractivity contribution in [2.75, 3.05) is 31.6 Å². The van der Waals surface area contributed by atoms with E-state index in [1.807, 2.05) is 48.7 Å². The van der Waals surface area contributed by atoms with Gasteiger partial charge in [-0.05, 0) is 62.8 Å². The molecule has 0 amide bonds. The van der Waals surface area contributed by atoms with Crippen molar-refractivity contribution in [2.24, 2.45) is 0 Å². The number of hydrogen-bond acceptors (Lipinski definition) is 6. The molecule has 184 valence electrons. The van der Waals surface area contributed by atoms with Crippen molar-refractivity contribution in [3.8, 4) is 11.4 Å². The van der Waals surface area contributed by atoms with E-state index >= 15 is 0 Å². The van der Waals surface area contributed by atoms with E-state index in [9.17, 15) is 8.42 Å². The van der Waals surface area contributed by atoms with Crippen LogP contribution in [0.1, 0.15) is 44.1 Å². The number of sulfonamides is 1. The SMILES string of the molecule is CCN(CC)CCCS(=O)(=O)N[C@H](CCc1ccccc1)c1nc(-c2cccc(SC)c2)n[nH]1. The van der Waals surface area contributed by atoms with Crippen LogP contribution in [-0.2, 0) is 16.4 Å². The summed E-state index contributed by atoms with van der Waals surface area (Å²) >= 11 is 1.66. The summed E-state index contributed by atoms with van der Waals surface area (Å²) in [6.45, 7) is 6.78. The maximum atomic E-state index is 12.9. The number of hydrogen-bond donors (Lipinski definition) is 2. The van der Waals surface area contributed by atoms with E-state index in [1.165, 1.54) is 0 Å². The van der Waals surface area contributed by atoms with Gasteiger partial charge in [-0.15, -0.1) is 11.8 Å². The Labute approximate surface area is 207 Å². The molecule has 1 aromatic heterocycles. The fourth-order valence-corrected chi connectivity index (χ4v) is 5.57. The minimum absolute atomic E-state index is 0.0854. The number of H-pyrrole nitrogens is 1. The van der Waals surface area contributed by atoms with E-state index < -0.39 is 16.1 Å². The van der Waals surface area contributed by atoms with Crippen LogP contribution in [-0.4, -0.2) is 60.1 Å². The van der Waals surface area contributed by atoms with Gasteiger partial charge in [0.1, 0.15) is 5.82 Å². The smallest absolute Gasteiger partial charge is 0.212 e. The van der Waals surface area contributed by atoms with Gasteiger partial charge >= 0.3 is 0 Å². The molecular formula is C25H35N5O2S2. The number of aryl methyl sites for hydroxylation is 1. The number of aromatic nitrogens is 3. The average molecular weight is 502 g/mol. The monoisotopic (exact) mass is 501 g/mol. The molecule has 3 aromatic rings. The molecule has 34 heavy (non-hydrogen) atoms. The quantitative estimate of drug-likeness (QED) is 0.316. The second-order valence-electron chi connectivity index (χ2n) is 8.17. The van der Waals surface area contributed by atoms with Crippen molar-refractivity contribution in [3.05, 3.63) is 66.0 Å². The van der Waals surface area contributed by atoms with Gasteiger partial charge in [-0.3, -0.25) is 5.10 Å². The van der Waals surface area contributed by atoms with Gasteiger partial charge in [0.25, 0.3) is 0 Å². The summed E-state index contributed by atoms with van der Waals surface area (Å²) in [5.41, 5.74) is 2.05. The van der Waals surface area contributed by atoms with Crippen LogP contribution in [0.5, 0.6) is 0 Å². The Morgan fingerprint density at radius 3 is 2.56 bits per heavy atom. The minimum Gasteiger partial charge on any atom is -0.304 e. The van der Waals surface area contributed by atoms with Gasteiger partial charge in [-0.1, -0.05) is 56.3 Å². The Balaban J connectivity index is 1.76. The largest absolute Gasteiger partial charge is 0.304 e. The first-order valence-corrected chi connectivity index (χ1v) is 14.6. The van der Waals surface area contributed by atoms with Crippen molar-refractivity contribution < 1.29 is 8.42 Å². The third-order valence-electron chi connectivity index (χ3n) is 5.83. The molecule has 0 bridgehead atoms. The molecule has 3 rings (SSSR count). The summed E-state index contributed by atoms with van der Waals surface area (Å²) in [4.78, 5) is 8.03. The first kappa shape index (κ1) is 26.4. The molecule has 2 N–H and O–H groups in total. The van der Waals surface area contributed by atoms with Gasteiger partial charge in [-0.2, -0.15) is 5.10 Å². The lowest BCUT2D eigenvalue weighted by atomic mass is 10.1. The van der Waals surface area contributed by atoms with Gasteiger partial charge in [0.15, 0.2) is 5.82 Å². The summed E-state index contributed by atoms with van der Waals surface area (Å²) in [5, 5.41) is 7.38. The maximum absolute atomic E-state index is 12.9. The van der Waals surface area contributed by atoms with Crippen molar-refractivity contribution in [1.29, 1.82) is 0 Å². The van der Waals surface area contributed by atoms with Crippen LogP contribution in [0.25, 0.3) is 11.4 Å². The Morgan fingerprint density at radius 1 is 1.09 bits per heavy atom. The summed E-state index contributed by atoms with van der Waals surface area (Å²) in [5.74, 6) is 1.19. The zero-order valence-corrected chi connectivity index (χ0v) is 21.8. The van der Waals surface area contributed by atoms with Gasteiger partial charge < -0.3 is 4.90 Å². The molecule has 9 heteroatoms. The van der Waals surface area contributed by atoms with Crippen LogP contribution in [0.15, 0.2) is 59.5 Å². The second-order valence-corrected chi connectivity index (χ2v) is 10.9. The molecular weight excluding hydrogens is 466 g/mol. The number of rotatable bonds is 14.